The fourth-order valence-corrected chi connectivity index (χ4v) is 1.64. The Hall–Kier alpha value is -0.820. The van der Waals surface area contributed by atoms with Gasteiger partial charge in [0.05, 0.1) is 0 Å². The average Bonchev–Trinajstić information content (AvgIpc) is 2.17. The van der Waals surface area contributed by atoms with Crippen molar-refractivity contribution >= 4 is 0 Å². The Labute approximate surface area is 87.3 Å². The van der Waals surface area contributed by atoms with E-state index in [9.17, 15) is 0 Å². The van der Waals surface area contributed by atoms with Crippen molar-refractivity contribution in [3.05, 3.63) is 35.4 Å². The SMILES string of the molecule is CCC(N)CCCc1cccc(C)c1. The molecular formula is C13H21N. The molecule has 1 aromatic rings. The van der Waals surface area contributed by atoms with Crippen LogP contribution in [0.1, 0.15) is 37.3 Å². The summed E-state index contributed by atoms with van der Waals surface area (Å²) in [6.45, 7) is 4.29. The number of hydrogen-bond acceptors (Lipinski definition) is 1. The molecule has 0 aliphatic heterocycles. The van der Waals surface area contributed by atoms with Crippen LogP contribution in [0.3, 0.4) is 0 Å². The molecule has 0 amide bonds. The summed E-state index contributed by atoms with van der Waals surface area (Å²) in [6.07, 6.45) is 4.60. The lowest BCUT2D eigenvalue weighted by molar-refractivity contribution is 0.568. The monoisotopic (exact) mass is 191 g/mol. The standard InChI is InChI=1S/C13H21N/c1-3-13(14)9-5-8-12-7-4-6-11(2)10-12/h4,6-7,10,13H,3,5,8-9,14H2,1-2H3. The van der Waals surface area contributed by atoms with Gasteiger partial charge in [0.25, 0.3) is 0 Å². The van der Waals surface area contributed by atoms with E-state index in [1.807, 2.05) is 0 Å². The van der Waals surface area contributed by atoms with Crippen molar-refractivity contribution in [2.75, 3.05) is 0 Å². The van der Waals surface area contributed by atoms with Gasteiger partial charge >= 0.3 is 0 Å². The van der Waals surface area contributed by atoms with Gasteiger partial charge in [-0.2, -0.15) is 0 Å². The molecule has 0 heterocycles. The molecule has 0 radical (unpaired) electrons. The maximum Gasteiger partial charge on any atom is 0.00363 e. The van der Waals surface area contributed by atoms with Crippen LogP contribution in [-0.2, 0) is 6.42 Å². The molecule has 2 N–H and O–H groups in total. The van der Waals surface area contributed by atoms with Crippen molar-refractivity contribution in [2.45, 2.75) is 45.6 Å². The maximum absolute atomic E-state index is 5.87. The largest absolute Gasteiger partial charge is 0.328 e. The van der Waals surface area contributed by atoms with Crippen LogP contribution in [0, 0.1) is 6.92 Å². The van der Waals surface area contributed by atoms with E-state index in [-0.39, 0.29) is 0 Å². The molecule has 1 rings (SSSR count). The van der Waals surface area contributed by atoms with Crippen molar-refractivity contribution in [3.8, 4) is 0 Å². The zero-order valence-electron chi connectivity index (χ0n) is 9.29. The second-order valence-corrected chi connectivity index (χ2v) is 4.05. The van der Waals surface area contributed by atoms with Crippen LogP contribution in [0.25, 0.3) is 0 Å². The predicted octanol–water partition coefficient (Wildman–Crippen LogP) is 3.06. The van der Waals surface area contributed by atoms with E-state index in [1.165, 1.54) is 17.5 Å². The smallest absolute Gasteiger partial charge is 0.00363 e. The van der Waals surface area contributed by atoms with Gasteiger partial charge in [-0.25, -0.2) is 0 Å². The molecule has 1 unspecified atom stereocenters. The van der Waals surface area contributed by atoms with Crippen molar-refractivity contribution in [3.63, 3.8) is 0 Å². The minimum Gasteiger partial charge on any atom is -0.328 e. The third-order valence-corrected chi connectivity index (χ3v) is 2.65. The van der Waals surface area contributed by atoms with Gasteiger partial charge in [0.1, 0.15) is 0 Å². The quantitative estimate of drug-likeness (QED) is 0.760. The summed E-state index contributed by atoms with van der Waals surface area (Å²) >= 11 is 0. The van der Waals surface area contributed by atoms with Crippen LogP contribution >= 0.6 is 0 Å². The topological polar surface area (TPSA) is 26.0 Å². The van der Waals surface area contributed by atoms with Gasteiger partial charge in [-0.3, -0.25) is 0 Å². The fraction of sp³-hybridized carbons (Fsp3) is 0.538. The molecular weight excluding hydrogens is 170 g/mol. The van der Waals surface area contributed by atoms with E-state index < -0.39 is 0 Å². The first-order chi connectivity index (χ1) is 6.72. The van der Waals surface area contributed by atoms with Crippen molar-refractivity contribution in [1.82, 2.24) is 0 Å². The zero-order valence-corrected chi connectivity index (χ0v) is 9.29. The third-order valence-electron chi connectivity index (χ3n) is 2.65. The van der Waals surface area contributed by atoms with Crippen LogP contribution < -0.4 is 5.73 Å². The number of aryl methyl sites for hydroxylation is 2. The highest BCUT2D eigenvalue weighted by atomic mass is 14.6. The maximum atomic E-state index is 5.87. The highest BCUT2D eigenvalue weighted by Gasteiger charge is 1.99. The number of nitrogens with two attached hydrogens (primary N) is 1. The van der Waals surface area contributed by atoms with E-state index in [4.69, 9.17) is 5.73 Å². The molecule has 0 saturated heterocycles. The molecule has 0 fully saturated rings. The van der Waals surface area contributed by atoms with Crippen LogP contribution in [-0.4, -0.2) is 6.04 Å². The number of rotatable bonds is 5. The second kappa shape index (κ2) is 5.82. The average molecular weight is 191 g/mol. The Bertz CT molecular complexity index is 268. The number of hydrogen-bond donors (Lipinski definition) is 1. The van der Waals surface area contributed by atoms with Gasteiger partial charge in [0, 0.05) is 6.04 Å². The van der Waals surface area contributed by atoms with Crippen molar-refractivity contribution in [2.24, 2.45) is 5.73 Å². The Morgan fingerprint density at radius 3 is 2.79 bits per heavy atom. The van der Waals surface area contributed by atoms with E-state index in [2.05, 4.69) is 38.1 Å². The highest BCUT2D eigenvalue weighted by molar-refractivity contribution is 5.22. The van der Waals surface area contributed by atoms with E-state index in [1.54, 1.807) is 0 Å². The molecule has 0 aliphatic carbocycles. The normalized spacial score (nSPS) is 12.8. The summed E-state index contributed by atoms with van der Waals surface area (Å²) in [4.78, 5) is 0. The minimum atomic E-state index is 0.389. The lowest BCUT2D eigenvalue weighted by atomic mass is 10.0. The first kappa shape index (κ1) is 11.3. The lowest BCUT2D eigenvalue weighted by Gasteiger charge is -2.08. The van der Waals surface area contributed by atoms with E-state index in [0.29, 0.717) is 6.04 Å². The van der Waals surface area contributed by atoms with Crippen LogP contribution in [0.15, 0.2) is 24.3 Å². The summed E-state index contributed by atoms with van der Waals surface area (Å²) in [6, 6.07) is 9.12. The summed E-state index contributed by atoms with van der Waals surface area (Å²) in [5.74, 6) is 0. The van der Waals surface area contributed by atoms with Crippen molar-refractivity contribution in [1.29, 1.82) is 0 Å². The van der Waals surface area contributed by atoms with E-state index >= 15 is 0 Å². The predicted molar refractivity (Wildman–Crippen MR) is 62.4 cm³/mol. The number of benzene rings is 1. The molecule has 0 bridgehead atoms. The summed E-state index contributed by atoms with van der Waals surface area (Å²) in [5, 5.41) is 0. The summed E-state index contributed by atoms with van der Waals surface area (Å²) in [7, 11) is 0. The highest BCUT2D eigenvalue weighted by Crippen LogP contribution is 2.09. The molecule has 0 aliphatic rings. The van der Waals surface area contributed by atoms with Gasteiger partial charge in [0.2, 0.25) is 0 Å². The van der Waals surface area contributed by atoms with Gasteiger partial charge in [-0.1, -0.05) is 36.8 Å². The molecule has 0 saturated carbocycles. The van der Waals surface area contributed by atoms with Crippen molar-refractivity contribution < 1.29 is 0 Å². The molecule has 14 heavy (non-hydrogen) atoms. The Kier molecular flexibility index (Phi) is 4.68. The minimum absolute atomic E-state index is 0.389. The first-order valence-corrected chi connectivity index (χ1v) is 5.53. The molecule has 1 aromatic carbocycles. The Balaban J connectivity index is 2.31. The Morgan fingerprint density at radius 1 is 1.36 bits per heavy atom. The molecule has 0 spiro atoms. The van der Waals surface area contributed by atoms with Gasteiger partial charge in [0.15, 0.2) is 0 Å². The van der Waals surface area contributed by atoms with Gasteiger partial charge in [-0.15, -0.1) is 0 Å². The van der Waals surface area contributed by atoms with Crippen LogP contribution in [0.2, 0.25) is 0 Å². The third kappa shape index (κ3) is 3.93. The second-order valence-electron chi connectivity index (χ2n) is 4.05. The fourth-order valence-electron chi connectivity index (χ4n) is 1.64. The molecule has 0 aromatic heterocycles. The van der Waals surface area contributed by atoms with Crippen LogP contribution in [0.5, 0.6) is 0 Å². The molecule has 1 nitrogen and oxygen atoms in total. The zero-order chi connectivity index (χ0) is 10.4. The van der Waals surface area contributed by atoms with E-state index in [0.717, 1.165) is 19.3 Å². The van der Waals surface area contributed by atoms with Gasteiger partial charge in [-0.05, 0) is 38.2 Å². The first-order valence-electron chi connectivity index (χ1n) is 5.53. The van der Waals surface area contributed by atoms with Gasteiger partial charge < -0.3 is 5.73 Å². The Morgan fingerprint density at radius 2 is 2.14 bits per heavy atom. The summed E-state index contributed by atoms with van der Waals surface area (Å²) in [5.41, 5.74) is 8.65. The molecule has 1 atom stereocenters. The van der Waals surface area contributed by atoms with Crippen LogP contribution in [0.4, 0.5) is 0 Å². The lowest BCUT2D eigenvalue weighted by Crippen LogP contribution is -2.18. The molecule has 78 valence electrons. The molecule has 1 heteroatoms. The summed E-state index contributed by atoms with van der Waals surface area (Å²) < 4.78 is 0.